The van der Waals surface area contributed by atoms with Crippen LogP contribution < -0.4 is 20.7 Å². The SMILES string of the molecule is CNc1nc(NC(C)C(=O)NC(C)C)nc(OC)n1. The summed E-state index contributed by atoms with van der Waals surface area (Å²) in [5.41, 5.74) is 0. The van der Waals surface area contributed by atoms with Crippen LogP contribution in [-0.4, -0.2) is 47.1 Å². The fourth-order valence-electron chi connectivity index (χ4n) is 1.29. The lowest BCUT2D eigenvalue weighted by Crippen LogP contribution is -2.41. The zero-order chi connectivity index (χ0) is 14.4. The van der Waals surface area contributed by atoms with Gasteiger partial charge in [0.05, 0.1) is 7.11 Å². The summed E-state index contributed by atoms with van der Waals surface area (Å²) in [6, 6.07) is -0.199. The van der Waals surface area contributed by atoms with Gasteiger partial charge >= 0.3 is 6.01 Å². The molecule has 0 saturated carbocycles. The van der Waals surface area contributed by atoms with Gasteiger partial charge in [0, 0.05) is 13.1 Å². The van der Waals surface area contributed by atoms with Gasteiger partial charge in [-0.3, -0.25) is 4.79 Å². The Kier molecular flexibility index (Phi) is 5.28. The fraction of sp³-hybridized carbons (Fsp3) is 0.636. The lowest BCUT2D eigenvalue weighted by molar-refractivity contribution is -0.122. The number of carbonyl (C=O) groups is 1. The Morgan fingerprint density at radius 3 is 2.32 bits per heavy atom. The molecule has 0 saturated heterocycles. The molecule has 1 atom stereocenters. The minimum Gasteiger partial charge on any atom is -0.467 e. The van der Waals surface area contributed by atoms with Crippen LogP contribution in [0, 0.1) is 0 Å². The van der Waals surface area contributed by atoms with Crippen molar-refractivity contribution in [3.63, 3.8) is 0 Å². The second-order valence-electron chi connectivity index (χ2n) is 4.25. The largest absolute Gasteiger partial charge is 0.467 e. The van der Waals surface area contributed by atoms with Crippen molar-refractivity contribution in [2.24, 2.45) is 0 Å². The Morgan fingerprint density at radius 2 is 1.79 bits per heavy atom. The molecule has 19 heavy (non-hydrogen) atoms. The molecule has 0 aromatic carbocycles. The van der Waals surface area contributed by atoms with E-state index in [1.54, 1.807) is 14.0 Å². The van der Waals surface area contributed by atoms with E-state index in [1.165, 1.54) is 7.11 Å². The molecule has 1 unspecified atom stereocenters. The van der Waals surface area contributed by atoms with Gasteiger partial charge in [0.25, 0.3) is 0 Å². The highest BCUT2D eigenvalue weighted by atomic mass is 16.5. The summed E-state index contributed by atoms with van der Waals surface area (Å²) in [7, 11) is 3.15. The predicted molar refractivity (Wildman–Crippen MR) is 72.3 cm³/mol. The summed E-state index contributed by atoms with van der Waals surface area (Å²) in [5, 5.41) is 8.50. The quantitative estimate of drug-likeness (QED) is 0.679. The number of aromatic nitrogens is 3. The highest BCUT2D eigenvalue weighted by molar-refractivity contribution is 5.83. The Bertz CT molecular complexity index is 415. The molecule has 1 aromatic heterocycles. The standard InChI is InChI=1S/C11H20N6O2/c1-6(2)13-8(18)7(3)14-10-15-9(12-4)16-11(17-10)19-5/h6-7H,1-5H3,(H,13,18)(H2,12,14,15,16,17). The number of carbonyl (C=O) groups excluding carboxylic acids is 1. The number of hydrogen-bond acceptors (Lipinski definition) is 7. The third-order valence-corrected chi connectivity index (χ3v) is 2.19. The molecule has 1 aromatic rings. The molecule has 0 spiro atoms. The topological polar surface area (TPSA) is 101 Å². The zero-order valence-electron chi connectivity index (χ0n) is 11.8. The monoisotopic (exact) mass is 268 g/mol. The summed E-state index contributed by atoms with van der Waals surface area (Å²) >= 11 is 0. The van der Waals surface area contributed by atoms with Crippen molar-refractivity contribution >= 4 is 17.8 Å². The summed E-state index contributed by atoms with van der Waals surface area (Å²) in [6.07, 6.45) is 0. The zero-order valence-corrected chi connectivity index (χ0v) is 11.8. The van der Waals surface area contributed by atoms with Crippen molar-refractivity contribution in [3.05, 3.63) is 0 Å². The molecule has 0 fully saturated rings. The number of methoxy groups -OCH3 is 1. The van der Waals surface area contributed by atoms with Crippen LogP contribution in [0.2, 0.25) is 0 Å². The summed E-state index contributed by atoms with van der Waals surface area (Å²) in [5.74, 6) is 0.522. The van der Waals surface area contributed by atoms with Gasteiger partial charge in [-0.15, -0.1) is 0 Å². The molecular formula is C11H20N6O2. The molecule has 8 nitrogen and oxygen atoms in total. The fourth-order valence-corrected chi connectivity index (χ4v) is 1.29. The molecule has 1 heterocycles. The first-order valence-corrected chi connectivity index (χ1v) is 6.01. The van der Waals surface area contributed by atoms with E-state index in [-0.39, 0.29) is 23.9 Å². The number of rotatable bonds is 6. The number of nitrogens with zero attached hydrogens (tertiary/aromatic N) is 3. The number of ether oxygens (including phenoxy) is 1. The number of anilines is 2. The van der Waals surface area contributed by atoms with Gasteiger partial charge in [-0.25, -0.2) is 0 Å². The third-order valence-electron chi connectivity index (χ3n) is 2.19. The van der Waals surface area contributed by atoms with Crippen LogP contribution in [0.4, 0.5) is 11.9 Å². The van der Waals surface area contributed by atoms with Crippen molar-refractivity contribution in [1.82, 2.24) is 20.3 Å². The van der Waals surface area contributed by atoms with Crippen LogP contribution in [0.5, 0.6) is 6.01 Å². The lowest BCUT2D eigenvalue weighted by Gasteiger charge is -2.16. The molecule has 0 bridgehead atoms. The Hall–Kier alpha value is -2.12. The van der Waals surface area contributed by atoms with Crippen LogP contribution >= 0.6 is 0 Å². The van der Waals surface area contributed by atoms with E-state index in [1.807, 2.05) is 13.8 Å². The lowest BCUT2D eigenvalue weighted by atomic mass is 10.3. The predicted octanol–water partition coefficient (Wildman–Crippen LogP) is 0.247. The third kappa shape index (κ3) is 4.57. The maximum absolute atomic E-state index is 11.8. The van der Waals surface area contributed by atoms with Gasteiger partial charge in [-0.1, -0.05) is 0 Å². The average Bonchev–Trinajstić information content (AvgIpc) is 2.37. The smallest absolute Gasteiger partial charge is 0.322 e. The Morgan fingerprint density at radius 1 is 1.16 bits per heavy atom. The van der Waals surface area contributed by atoms with Gasteiger partial charge in [0.2, 0.25) is 17.8 Å². The molecule has 106 valence electrons. The van der Waals surface area contributed by atoms with Gasteiger partial charge in [0.1, 0.15) is 6.04 Å². The van der Waals surface area contributed by atoms with E-state index >= 15 is 0 Å². The highest BCUT2D eigenvalue weighted by Gasteiger charge is 2.15. The first-order valence-electron chi connectivity index (χ1n) is 6.01. The van der Waals surface area contributed by atoms with Gasteiger partial charge < -0.3 is 20.7 Å². The Balaban J connectivity index is 2.78. The molecule has 1 amide bonds. The molecule has 3 N–H and O–H groups in total. The van der Waals surface area contributed by atoms with E-state index in [4.69, 9.17) is 4.74 Å². The maximum atomic E-state index is 11.8. The number of nitrogens with one attached hydrogen (secondary N) is 3. The Labute approximate surface area is 112 Å². The van der Waals surface area contributed by atoms with Crippen LogP contribution in [0.3, 0.4) is 0 Å². The van der Waals surface area contributed by atoms with Crippen LogP contribution in [-0.2, 0) is 4.79 Å². The van der Waals surface area contributed by atoms with Crippen LogP contribution in [0.15, 0.2) is 0 Å². The number of amides is 1. The molecule has 0 aliphatic heterocycles. The maximum Gasteiger partial charge on any atom is 0.322 e. The average molecular weight is 268 g/mol. The first-order chi connectivity index (χ1) is 8.96. The van der Waals surface area contributed by atoms with Gasteiger partial charge in [-0.2, -0.15) is 15.0 Å². The normalized spacial score (nSPS) is 11.9. The van der Waals surface area contributed by atoms with Gasteiger partial charge in [-0.05, 0) is 20.8 Å². The highest BCUT2D eigenvalue weighted by Crippen LogP contribution is 2.11. The van der Waals surface area contributed by atoms with E-state index in [0.717, 1.165) is 0 Å². The first kappa shape index (κ1) is 14.9. The van der Waals surface area contributed by atoms with Crippen molar-refractivity contribution in [2.45, 2.75) is 32.9 Å². The van der Waals surface area contributed by atoms with E-state index in [2.05, 4.69) is 30.9 Å². The van der Waals surface area contributed by atoms with E-state index in [0.29, 0.717) is 5.95 Å². The van der Waals surface area contributed by atoms with E-state index in [9.17, 15) is 4.79 Å². The molecule has 0 aliphatic carbocycles. The number of hydrogen-bond donors (Lipinski definition) is 3. The second kappa shape index (κ2) is 6.72. The van der Waals surface area contributed by atoms with Crippen LogP contribution in [0.25, 0.3) is 0 Å². The second-order valence-corrected chi connectivity index (χ2v) is 4.25. The van der Waals surface area contributed by atoms with Crippen molar-refractivity contribution in [2.75, 3.05) is 24.8 Å². The molecule has 1 rings (SSSR count). The summed E-state index contributed by atoms with van der Waals surface area (Å²) in [4.78, 5) is 23.9. The summed E-state index contributed by atoms with van der Waals surface area (Å²) < 4.78 is 4.96. The molecule has 0 radical (unpaired) electrons. The van der Waals surface area contributed by atoms with Crippen LogP contribution in [0.1, 0.15) is 20.8 Å². The minimum atomic E-state index is -0.459. The van der Waals surface area contributed by atoms with Crippen molar-refractivity contribution < 1.29 is 9.53 Å². The molecule has 8 heteroatoms. The van der Waals surface area contributed by atoms with Gasteiger partial charge in [0.15, 0.2) is 0 Å². The molecule has 0 aliphatic rings. The van der Waals surface area contributed by atoms with Crippen molar-refractivity contribution in [1.29, 1.82) is 0 Å². The summed E-state index contributed by atoms with van der Waals surface area (Å²) in [6.45, 7) is 5.53. The van der Waals surface area contributed by atoms with E-state index < -0.39 is 6.04 Å². The van der Waals surface area contributed by atoms with Crippen molar-refractivity contribution in [3.8, 4) is 6.01 Å². The molecular weight excluding hydrogens is 248 g/mol. The minimum absolute atomic E-state index is 0.0810.